The maximum Gasteiger partial charge on any atom is 0.573 e. The minimum atomic E-state index is -4.96. The summed E-state index contributed by atoms with van der Waals surface area (Å²) < 4.78 is 61.2. The summed E-state index contributed by atoms with van der Waals surface area (Å²) in [4.78, 5) is 4.22. The summed E-state index contributed by atoms with van der Waals surface area (Å²) in [6.45, 7) is 1.85. The Morgan fingerprint density at radius 2 is 1.83 bits per heavy atom. The normalized spacial score (nSPS) is 11.8. The predicted molar refractivity (Wildman–Crippen MR) is 78.6 cm³/mol. The van der Waals surface area contributed by atoms with Crippen LogP contribution in [0.1, 0.15) is 5.56 Å². The Labute approximate surface area is 134 Å². The number of aryl methyl sites for hydroxylation is 2. The molecule has 0 amide bonds. The van der Waals surface area contributed by atoms with Crippen molar-refractivity contribution in [3.8, 4) is 17.2 Å². The van der Waals surface area contributed by atoms with E-state index in [2.05, 4.69) is 9.72 Å². The molecule has 0 N–H and O–H groups in total. The van der Waals surface area contributed by atoms with Crippen molar-refractivity contribution in [3.05, 3.63) is 48.0 Å². The molecule has 0 aliphatic rings. The number of benzene rings is 2. The second kappa shape index (κ2) is 5.70. The Hall–Kier alpha value is -2.77. The number of ether oxygens (including phenoxy) is 2. The molecule has 3 rings (SSSR count). The van der Waals surface area contributed by atoms with Crippen LogP contribution >= 0.6 is 0 Å². The molecule has 0 saturated carbocycles. The summed E-state index contributed by atoms with van der Waals surface area (Å²) in [5.74, 6) is -1.60. The topological polar surface area (TPSA) is 36.3 Å². The summed E-state index contributed by atoms with van der Waals surface area (Å²) in [5.41, 5.74) is 2.27. The second-order valence-electron chi connectivity index (χ2n) is 5.23. The Balaban J connectivity index is 1.95. The van der Waals surface area contributed by atoms with Gasteiger partial charge >= 0.3 is 6.36 Å². The molecule has 126 valence electrons. The number of aromatic nitrogens is 2. The highest BCUT2D eigenvalue weighted by Gasteiger charge is 2.32. The van der Waals surface area contributed by atoms with Crippen LogP contribution in [-0.4, -0.2) is 15.9 Å². The molecule has 4 nitrogen and oxygen atoms in total. The molecule has 0 saturated heterocycles. The molecule has 24 heavy (non-hydrogen) atoms. The Morgan fingerprint density at radius 1 is 1.08 bits per heavy atom. The van der Waals surface area contributed by atoms with E-state index >= 15 is 0 Å². The molecular weight excluding hydrogens is 328 g/mol. The fourth-order valence-electron chi connectivity index (χ4n) is 2.34. The van der Waals surface area contributed by atoms with Gasteiger partial charge in [0.2, 0.25) is 0 Å². The number of halogens is 4. The van der Waals surface area contributed by atoms with Crippen molar-refractivity contribution < 1.29 is 27.0 Å². The summed E-state index contributed by atoms with van der Waals surface area (Å²) in [7, 11) is 1.78. The van der Waals surface area contributed by atoms with Gasteiger partial charge in [-0.3, -0.25) is 0 Å². The zero-order valence-electron chi connectivity index (χ0n) is 12.7. The van der Waals surface area contributed by atoms with Crippen molar-refractivity contribution in [1.29, 1.82) is 0 Å². The Bertz CT molecular complexity index is 903. The van der Waals surface area contributed by atoms with Gasteiger partial charge in [-0.1, -0.05) is 0 Å². The van der Waals surface area contributed by atoms with Crippen molar-refractivity contribution in [2.75, 3.05) is 0 Å². The SMILES string of the molecule is Cc1cc(Oc2ccc(OC(F)(F)F)c(F)c2)c2c(c1)ncn2C. The number of hydrogen-bond donors (Lipinski definition) is 0. The highest BCUT2D eigenvalue weighted by molar-refractivity contribution is 5.83. The van der Waals surface area contributed by atoms with Crippen LogP contribution in [0.25, 0.3) is 11.0 Å². The van der Waals surface area contributed by atoms with Gasteiger partial charge in [-0.2, -0.15) is 0 Å². The van der Waals surface area contributed by atoms with Gasteiger partial charge in [0.15, 0.2) is 17.3 Å². The molecule has 3 aromatic rings. The molecule has 0 aliphatic heterocycles. The molecular formula is C16H12F4N2O2. The molecule has 0 spiro atoms. The number of fused-ring (bicyclic) bond motifs is 1. The van der Waals surface area contributed by atoms with E-state index in [1.54, 1.807) is 24.0 Å². The number of hydrogen-bond acceptors (Lipinski definition) is 3. The van der Waals surface area contributed by atoms with Gasteiger partial charge in [0.05, 0.1) is 11.8 Å². The first-order valence-electron chi connectivity index (χ1n) is 6.88. The summed E-state index contributed by atoms with van der Waals surface area (Å²) in [5, 5.41) is 0. The highest BCUT2D eigenvalue weighted by atomic mass is 19.4. The third-order valence-corrected chi connectivity index (χ3v) is 3.28. The maximum atomic E-state index is 13.8. The van der Waals surface area contributed by atoms with Crippen LogP contribution in [0.5, 0.6) is 17.2 Å². The van der Waals surface area contributed by atoms with E-state index in [1.807, 2.05) is 13.0 Å². The fourth-order valence-corrected chi connectivity index (χ4v) is 2.34. The van der Waals surface area contributed by atoms with Crippen LogP contribution in [-0.2, 0) is 7.05 Å². The van der Waals surface area contributed by atoms with E-state index in [0.717, 1.165) is 17.7 Å². The number of rotatable bonds is 3. The Kier molecular flexibility index (Phi) is 3.82. The lowest BCUT2D eigenvalue weighted by Gasteiger charge is -2.12. The van der Waals surface area contributed by atoms with Crippen molar-refractivity contribution in [2.24, 2.45) is 7.05 Å². The summed E-state index contributed by atoms with van der Waals surface area (Å²) in [6.07, 6.45) is -3.35. The molecule has 0 unspecified atom stereocenters. The first-order chi connectivity index (χ1) is 11.2. The molecule has 1 aromatic heterocycles. The fraction of sp³-hybridized carbons (Fsp3) is 0.188. The Morgan fingerprint density at radius 3 is 2.50 bits per heavy atom. The maximum absolute atomic E-state index is 13.8. The standard InChI is InChI=1S/C16H12F4N2O2/c1-9-5-12-15(22(2)8-21-12)14(6-9)23-10-3-4-13(11(17)7-10)24-16(18,19)20/h3-8H,1-2H3. The van der Waals surface area contributed by atoms with Crippen LogP contribution in [0.4, 0.5) is 17.6 Å². The van der Waals surface area contributed by atoms with E-state index in [9.17, 15) is 17.6 Å². The van der Waals surface area contributed by atoms with Crippen LogP contribution in [0.2, 0.25) is 0 Å². The number of alkyl halides is 3. The zero-order chi connectivity index (χ0) is 17.5. The van der Waals surface area contributed by atoms with Crippen molar-refractivity contribution in [3.63, 3.8) is 0 Å². The summed E-state index contributed by atoms with van der Waals surface area (Å²) >= 11 is 0. The molecule has 8 heteroatoms. The highest BCUT2D eigenvalue weighted by Crippen LogP contribution is 2.33. The molecule has 2 aromatic carbocycles. The largest absolute Gasteiger partial charge is 0.573 e. The van der Waals surface area contributed by atoms with Crippen LogP contribution in [0.15, 0.2) is 36.7 Å². The quantitative estimate of drug-likeness (QED) is 0.648. The van der Waals surface area contributed by atoms with E-state index in [-0.39, 0.29) is 5.75 Å². The lowest BCUT2D eigenvalue weighted by atomic mass is 10.2. The van der Waals surface area contributed by atoms with Gasteiger partial charge in [0.1, 0.15) is 11.3 Å². The number of nitrogens with zero attached hydrogens (tertiary/aromatic N) is 2. The summed E-state index contributed by atoms with van der Waals surface area (Å²) in [6, 6.07) is 6.51. The molecule has 0 atom stereocenters. The molecule has 0 aliphatic carbocycles. The van der Waals surface area contributed by atoms with Crippen LogP contribution in [0.3, 0.4) is 0 Å². The van der Waals surface area contributed by atoms with Crippen molar-refractivity contribution in [2.45, 2.75) is 13.3 Å². The van der Waals surface area contributed by atoms with Crippen LogP contribution in [0, 0.1) is 12.7 Å². The van der Waals surface area contributed by atoms with Gasteiger partial charge in [-0.25, -0.2) is 9.37 Å². The molecule has 0 fully saturated rings. The van der Waals surface area contributed by atoms with Crippen molar-refractivity contribution >= 4 is 11.0 Å². The lowest BCUT2D eigenvalue weighted by molar-refractivity contribution is -0.275. The van der Waals surface area contributed by atoms with E-state index in [0.29, 0.717) is 16.8 Å². The van der Waals surface area contributed by atoms with Gasteiger partial charge in [0.25, 0.3) is 0 Å². The van der Waals surface area contributed by atoms with Crippen molar-refractivity contribution in [1.82, 2.24) is 9.55 Å². The average Bonchev–Trinajstić information content (AvgIpc) is 2.82. The minimum Gasteiger partial charge on any atom is -0.455 e. The third-order valence-electron chi connectivity index (χ3n) is 3.28. The molecule has 1 heterocycles. The van der Waals surface area contributed by atoms with Gasteiger partial charge in [-0.05, 0) is 36.8 Å². The first kappa shape index (κ1) is 16.1. The first-order valence-corrected chi connectivity index (χ1v) is 6.88. The van der Waals surface area contributed by atoms with Gasteiger partial charge in [0, 0.05) is 13.1 Å². The molecule has 0 bridgehead atoms. The average molecular weight is 340 g/mol. The number of imidazole rings is 1. The smallest absolute Gasteiger partial charge is 0.455 e. The lowest BCUT2D eigenvalue weighted by Crippen LogP contribution is -2.17. The predicted octanol–water partition coefficient (Wildman–Crippen LogP) is 4.71. The van der Waals surface area contributed by atoms with Gasteiger partial charge < -0.3 is 14.0 Å². The van der Waals surface area contributed by atoms with E-state index in [1.165, 1.54) is 6.07 Å². The third kappa shape index (κ3) is 3.27. The molecule has 0 radical (unpaired) electrons. The monoisotopic (exact) mass is 340 g/mol. The zero-order valence-corrected chi connectivity index (χ0v) is 12.7. The van der Waals surface area contributed by atoms with Gasteiger partial charge in [-0.15, -0.1) is 13.2 Å². The van der Waals surface area contributed by atoms with E-state index in [4.69, 9.17) is 4.74 Å². The van der Waals surface area contributed by atoms with E-state index < -0.39 is 17.9 Å². The van der Waals surface area contributed by atoms with Crippen LogP contribution < -0.4 is 9.47 Å². The minimum absolute atomic E-state index is 0.0510. The second-order valence-corrected chi connectivity index (χ2v) is 5.23.